The fraction of sp³-hybridized carbons (Fsp3) is 0.190. The molecule has 5 heterocycles. The number of aromatic nitrogens is 3. The molecule has 0 radical (unpaired) electrons. The number of rotatable bonds is 5. The minimum atomic E-state index is -0.0443. The van der Waals surface area contributed by atoms with Crippen LogP contribution in [0.3, 0.4) is 0 Å². The summed E-state index contributed by atoms with van der Waals surface area (Å²) in [4.78, 5) is 19.2. The van der Waals surface area contributed by atoms with E-state index in [0.717, 1.165) is 60.7 Å². The summed E-state index contributed by atoms with van der Waals surface area (Å²) >= 11 is 3.63. The number of benzene rings is 4. The third-order valence-corrected chi connectivity index (χ3v) is 12.2. The van der Waals surface area contributed by atoms with Gasteiger partial charge in [0.25, 0.3) is 0 Å². The van der Waals surface area contributed by atoms with Gasteiger partial charge in [-0.05, 0) is 80.6 Å². The number of aliphatic imine (C=N–C) groups is 2. The fourth-order valence-corrected chi connectivity index (χ4v) is 9.22. The summed E-state index contributed by atoms with van der Waals surface area (Å²) in [5.74, 6) is 1.98. The van der Waals surface area contributed by atoms with Gasteiger partial charge in [0.2, 0.25) is 0 Å². The van der Waals surface area contributed by atoms with Crippen LogP contribution in [0.4, 0.5) is 0 Å². The van der Waals surface area contributed by atoms with E-state index in [9.17, 15) is 0 Å². The van der Waals surface area contributed by atoms with Crippen molar-refractivity contribution in [2.45, 2.75) is 38.8 Å². The number of hydrogen-bond donors (Lipinski definition) is 0. The highest BCUT2D eigenvalue weighted by Gasteiger charge is 2.27. The summed E-state index contributed by atoms with van der Waals surface area (Å²) in [5, 5.41) is 7.02. The maximum absolute atomic E-state index is 4.97. The van der Waals surface area contributed by atoms with Crippen LogP contribution in [-0.2, 0) is 0 Å². The highest BCUT2D eigenvalue weighted by Crippen LogP contribution is 2.40. The first-order chi connectivity index (χ1) is 23.7. The Balaban J connectivity index is 1.19. The summed E-state index contributed by atoms with van der Waals surface area (Å²) in [6, 6.07) is 33.3. The molecule has 9 rings (SSSR count). The molecule has 3 aromatic heterocycles. The minimum Gasteiger partial charge on any atom is -0.309 e. The lowest BCUT2D eigenvalue weighted by Gasteiger charge is -2.12. The van der Waals surface area contributed by atoms with Crippen LogP contribution >= 0.6 is 23.5 Å². The smallest absolute Gasteiger partial charge is 0.1000 e. The number of pyridine rings is 2. The first-order valence-corrected chi connectivity index (χ1v) is 18.6. The summed E-state index contributed by atoms with van der Waals surface area (Å²) in [7, 11) is 0. The van der Waals surface area contributed by atoms with Crippen molar-refractivity contribution >= 4 is 66.2 Å². The van der Waals surface area contributed by atoms with Gasteiger partial charge in [-0.25, -0.2) is 0 Å². The van der Waals surface area contributed by atoms with Crippen LogP contribution in [0.25, 0.3) is 60.5 Å². The lowest BCUT2D eigenvalue weighted by atomic mass is 9.99. The SMILES string of the molecule is CC1(C)CSC(c2cncc(-c3ccc4c(ccc5c6ccc(-c7cncc(C8=NC(C)(C)CS8)c7)cc6n(-c6ccccc6)c45)c3)c2)=N1. The van der Waals surface area contributed by atoms with E-state index in [0.29, 0.717) is 0 Å². The summed E-state index contributed by atoms with van der Waals surface area (Å²) < 4.78 is 2.42. The van der Waals surface area contributed by atoms with E-state index in [1.54, 1.807) is 0 Å². The van der Waals surface area contributed by atoms with Crippen LogP contribution in [0.15, 0.2) is 126 Å². The number of para-hydroxylation sites is 1. The molecule has 240 valence electrons. The van der Waals surface area contributed by atoms with E-state index >= 15 is 0 Å². The highest BCUT2D eigenvalue weighted by atomic mass is 32.2. The van der Waals surface area contributed by atoms with Crippen molar-refractivity contribution in [3.63, 3.8) is 0 Å². The molecule has 0 amide bonds. The lowest BCUT2D eigenvalue weighted by Crippen LogP contribution is -2.15. The van der Waals surface area contributed by atoms with Gasteiger partial charge < -0.3 is 4.57 Å². The maximum Gasteiger partial charge on any atom is 0.1000 e. The predicted molar refractivity (Wildman–Crippen MR) is 211 cm³/mol. The van der Waals surface area contributed by atoms with Gasteiger partial charge in [-0.15, -0.1) is 23.5 Å². The van der Waals surface area contributed by atoms with Gasteiger partial charge in [0.15, 0.2) is 0 Å². The van der Waals surface area contributed by atoms with Crippen LogP contribution in [0.1, 0.15) is 38.8 Å². The van der Waals surface area contributed by atoms with Crippen molar-refractivity contribution < 1.29 is 0 Å². The third kappa shape index (κ3) is 5.45. The van der Waals surface area contributed by atoms with Crippen molar-refractivity contribution in [2.75, 3.05) is 11.5 Å². The second-order valence-corrected chi connectivity index (χ2v) is 16.2. The zero-order valence-corrected chi connectivity index (χ0v) is 29.6. The van der Waals surface area contributed by atoms with Gasteiger partial charge >= 0.3 is 0 Å². The molecular formula is C42H35N5S2. The van der Waals surface area contributed by atoms with Gasteiger partial charge in [-0.1, -0.05) is 54.6 Å². The van der Waals surface area contributed by atoms with Gasteiger partial charge in [0, 0.05) is 80.4 Å². The normalized spacial score (nSPS) is 16.8. The average Bonchev–Trinajstić information content (AvgIpc) is 3.79. The zero-order chi connectivity index (χ0) is 33.3. The van der Waals surface area contributed by atoms with Crippen molar-refractivity contribution in [3.05, 3.63) is 127 Å². The predicted octanol–water partition coefficient (Wildman–Crippen LogP) is 10.6. The lowest BCUT2D eigenvalue weighted by molar-refractivity contribution is 0.605. The van der Waals surface area contributed by atoms with Gasteiger partial charge in [-0.2, -0.15) is 0 Å². The molecule has 0 saturated heterocycles. The first kappa shape index (κ1) is 30.3. The Hall–Kier alpha value is -4.72. The Labute approximate surface area is 294 Å². The largest absolute Gasteiger partial charge is 0.309 e. The quantitative estimate of drug-likeness (QED) is 0.182. The number of fused-ring (bicyclic) bond motifs is 5. The molecule has 2 aliphatic heterocycles. The molecule has 2 aliphatic rings. The van der Waals surface area contributed by atoms with E-state index in [-0.39, 0.29) is 11.1 Å². The van der Waals surface area contributed by atoms with Crippen molar-refractivity contribution in [1.29, 1.82) is 0 Å². The molecule has 0 unspecified atom stereocenters. The molecule has 0 atom stereocenters. The Morgan fingerprint density at radius 1 is 0.531 bits per heavy atom. The average molecular weight is 674 g/mol. The van der Waals surface area contributed by atoms with Crippen LogP contribution in [-0.4, -0.2) is 47.2 Å². The molecule has 5 nitrogen and oxygen atoms in total. The number of nitrogens with zero attached hydrogens (tertiary/aromatic N) is 5. The van der Waals surface area contributed by atoms with Crippen LogP contribution in [0.5, 0.6) is 0 Å². The van der Waals surface area contributed by atoms with Gasteiger partial charge in [0.05, 0.1) is 32.2 Å². The van der Waals surface area contributed by atoms with Crippen molar-refractivity contribution in [1.82, 2.24) is 14.5 Å². The van der Waals surface area contributed by atoms with Gasteiger partial charge in [0.1, 0.15) is 0 Å². The maximum atomic E-state index is 4.97. The molecule has 49 heavy (non-hydrogen) atoms. The summed E-state index contributed by atoms with van der Waals surface area (Å²) in [5.41, 5.74) is 10.1. The van der Waals surface area contributed by atoms with E-state index < -0.39 is 0 Å². The van der Waals surface area contributed by atoms with Crippen LogP contribution in [0.2, 0.25) is 0 Å². The van der Waals surface area contributed by atoms with E-state index in [2.05, 4.69) is 133 Å². The van der Waals surface area contributed by atoms with Gasteiger partial charge in [-0.3, -0.25) is 20.0 Å². The minimum absolute atomic E-state index is 0.0371. The molecule has 0 bridgehead atoms. The Morgan fingerprint density at radius 3 is 1.67 bits per heavy atom. The molecule has 4 aromatic carbocycles. The van der Waals surface area contributed by atoms with Crippen molar-refractivity contribution in [3.8, 4) is 27.9 Å². The molecular weight excluding hydrogens is 639 g/mol. The summed E-state index contributed by atoms with van der Waals surface area (Å²) in [6.07, 6.45) is 7.79. The monoisotopic (exact) mass is 673 g/mol. The molecule has 0 saturated carbocycles. The van der Waals surface area contributed by atoms with E-state index in [1.165, 1.54) is 32.6 Å². The molecule has 7 aromatic rings. The van der Waals surface area contributed by atoms with E-state index in [4.69, 9.17) is 9.98 Å². The molecule has 0 fully saturated rings. The van der Waals surface area contributed by atoms with Crippen LogP contribution in [0, 0.1) is 0 Å². The second kappa shape index (κ2) is 11.4. The number of hydrogen-bond acceptors (Lipinski definition) is 6. The Kier molecular flexibility index (Phi) is 7.08. The fourth-order valence-electron chi connectivity index (χ4n) is 6.93. The molecule has 0 N–H and O–H groups in total. The second-order valence-electron chi connectivity index (χ2n) is 14.3. The topological polar surface area (TPSA) is 55.4 Å². The highest BCUT2D eigenvalue weighted by molar-refractivity contribution is 8.15. The van der Waals surface area contributed by atoms with E-state index in [1.807, 2.05) is 48.3 Å². The molecule has 0 spiro atoms. The molecule has 0 aliphatic carbocycles. The Bertz CT molecular complexity index is 2510. The zero-order valence-electron chi connectivity index (χ0n) is 27.9. The first-order valence-electron chi connectivity index (χ1n) is 16.6. The number of thioether (sulfide) groups is 2. The van der Waals surface area contributed by atoms with Crippen LogP contribution < -0.4 is 0 Å². The molecule has 7 heteroatoms. The summed E-state index contributed by atoms with van der Waals surface area (Å²) in [6.45, 7) is 8.75. The van der Waals surface area contributed by atoms with Crippen molar-refractivity contribution in [2.24, 2.45) is 9.98 Å². The standard InChI is InChI=1S/C42H35N5S2/c1-41(2)24-48-39(45-41)31-17-29(20-43-22-31)26-10-13-34-28(16-26)12-15-36-35-14-11-27(19-37(35)47(38(34)36)33-8-6-5-7-9-33)30-18-32(23-44-21-30)40-46-42(3,4)25-49-40/h5-23H,24-25H2,1-4H3. The Morgan fingerprint density at radius 2 is 1.08 bits per heavy atom. The third-order valence-electron chi connectivity index (χ3n) is 9.33.